The number of aromatic nitrogens is 1. The van der Waals surface area contributed by atoms with Crippen LogP contribution in [0.15, 0.2) is 18.3 Å². The molecule has 4 heteroatoms. The highest BCUT2D eigenvalue weighted by molar-refractivity contribution is 6.30. The van der Waals surface area contributed by atoms with Crippen LogP contribution in [0.25, 0.3) is 0 Å². The molecule has 0 aliphatic rings. The predicted molar refractivity (Wildman–Crippen MR) is 46.6 cm³/mol. The van der Waals surface area contributed by atoms with Crippen molar-refractivity contribution < 1.29 is 0 Å². The number of nitrogens with zero attached hydrogens (tertiary/aromatic N) is 2. The van der Waals surface area contributed by atoms with Gasteiger partial charge in [-0.05, 0) is 12.1 Å². The predicted octanol–water partition coefficient (Wildman–Crippen LogP) is 1.35. The molecule has 0 aromatic carbocycles. The molecule has 1 aromatic heterocycles. The van der Waals surface area contributed by atoms with Gasteiger partial charge in [0.25, 0.3) is 0 Å². The zero-order valence-electron chi connectivity index (χ0n) is 6.42. The molecule has 0 bridgehead atoms. The van der Waals surface area contributed by atoms with Crippen molar-refractivity contribution in [2.24, 2.45) is 0 Å². The molecular formula is C8H8ClN3. The van der Waals surface area contributed by atoms with Crippen LogP contribution in [0.5, 0.6) is 0 Å². The minimum atomic E-state index is 0.328. The van der Waals surface area contributed by atoms with E-state index in [1.54, 1.807) is 18.3 Å². The molecule has 3 nitrogen and oxygen atoms in total. The third-order valence-electron chi connectivity index (χ3n) is 1.29. The summed E-state index contributed by atoms with van der Waals surface area (Å²) in [5.74, 6) is 0. The molecule has 0 saturated carbocycles. The van der Waals surface area contributed by atoms with Gasteiger partial charge in [-0.3, -0.25) is 10.3 Å². The van der Waals surface area contributed by atoms with Crippen LogP contribution >= 0.6 is 11.6 Å². The Morgan fingerprint density at radius 2 is 2.50 bits per heavy atom. The Morgan fingerprint density at radius 1 is 1.67 bits per heavy atom. The van der Waals surface area contributed by atoms with Crippen molar-refractivity contribution in [3.05, 3.63) is 29.0 Å². The Morgan fingerprint density at radius 3 is 3.17 bits per heavy atom. The van der Waals surface area contributed by atoms with Crippen molar-refractivity contribution >= 4 is 11.6 Å². The molecule has 0 atom stereocenters. The lowest BCUT2D eigenvalue weighted by atomic mass is 10.3. The number of nitrogens with one attached hydrogen (secondary N) is 1. The number of rotatable bonds is 3. The fraction of sp³-hybridized carbons (Fsp3) is 0.250. The van der Waals surface area contributed by atoms with Crippen molar-refractivity contribution in [3.63, 3.8) is 0 Å². The summed E-state index contributed by atoms with van der Waals surface area (Å²) < 4.78 is 0. The van der Waals surface area contributed by atoms with Crippen LogP contribution in [0.1, 0.15) is 5.69 Å². The summed E-state index contributed by atoms with van der Waals surface area (Å²) in [6.45, 7) is 0.905. The molecule has 0 fully saturated rings. The van der Waals surface area contributed by atoms with Gasteiger partial charge in [-0.15, -0.1) is 0 Å². The Labute approximate surface area is 76.0 Å². The maximum Gasteiger partial charge on any atom is 0.0844 e. The van der Waals surface area contributed by atoms with Gasteiger partial charge >= 0.3 is 0 Å². The summed E-state index contributed by atoms with van der Waals surface area (Å²) >= 11 is 5.72. The molecule has 0 unspecified atom stereocenters. The van der Waals surface area contributed by atoms with Gasteiger partial charge in [-0.25, -0.2) is 0 Å². The first-order chi connectivity index (χ1) is 5.83. The van der Waals surface area contributed by atoms with Crippen molar-refractivity contribution in [2.75, 3.05) is 6.54 Å². The molecule has 1 N–H and O–H groups in total. The number of nitriles is 1. The molecule has 0 aliphatic carbocycles. The summed E-state index contributed by atoms with van der Waals surface area (Å²) in [4.78, 5) is 4.06. The van der Waals surface area contributed by atoms with E-state index in [1.807, 2.05) is 6.07 Å². The Kier molecular flexibility index (Phi) is 3.52. The van der Waals surface area contributed by atoms with E-state index in [2.05, 4.69) is 10.3 Å². The zero-order valence-corrected chi connectivity index (χ0v) is 7.17. The van der Waals surface area contributed by atoms with E-state index < -0.39 is 0 Å². The second-order valence-electron chi connectivity index (χ2n) is 2.23. The van der Waals surface area contributed by atoms with Crippen LogP contribution in [0, 0.1) is 11.3 Å². The highest BCUT2D eigenvalue weighted by Crippen LogP contribution is 2.07. The van der Waals surface area contributed by atoms with Gasteiger partial charge in [0.05, 0.1) is 18.3 Å². The second-order valence-corrected chi connectivity index (χ2v) is 2.66. The van der Waals surface area contributed by atoms with E-state index in [0.717, 1.165) is 5.69 Å². The molecule has 0 aliphatic heterocycles. The Balaban J connectivity index is 2.48. The van der Waals surface area contributed by atoms with E-state index >= 15 is 0 Å². The van der Waals surface area contributed by atoms with Crippen LogP contribution in [0.2, 0.25) is 5.02 Å². The normalized spacial score (nSPS) is 9.33. The molecule has 0 radical (unpaired) electrons. The lowest BCUT2D eigenvalue weighted by Crippen LogP contribution is -2.13. The lowest BCUT2D eigenvalue weighted by molar-refractivity contribution is 0.745. The standard InChI is InChI=1S/C8H8ClN3/c9-7-1-3-12-8(5-7)6-11-4-2-10/h1,3,5,11H,4,6H2. The van der Waals surface area contributed by atoms with E-state index in [9.17, 15) is 0 Å². The number of halogens is 1. The fourth-order valence-corrected chi connectivity index (χ4v) is 0.974. The Hall–Kier alpha value is -1.11. The third kappa shape index (κ3) is 2.87. The minimum Gasteiger partial charge on any atom is -0.299 e. The highest BCUT2D eigenvalue weighted by atomic mass is 35.5. The van der Waals surface area contributed by atoms with Gasteiger partial charge in [-0.2, -0.15) is 5.26 Å². The molecule has 1 rings (SSSR count). The van der Waals surface area contributed by atoms with Gasteiger partial charge < -0.3 is 0 Å². The van der Waals surface area contributed by atoms with Crippen LogP contribution in [0.4, 0.5) is 0 Å². The smallest absolute Gasteiger partial charge is 0.0844 e. The average Bonchev–Trinajstić information content (AvgIpc) is 2.05. The largest absolute Gasteiger partial charge is 0.299 e. The van der Waals surface area contributed by atoms with E-state index in [0.29, 0.717) is 18.1 Å². The van der Waals surface area contributed by atoms with Crippen molar-refractivity contribution in [1.82, 2.24) is 10.3 Å². The molecule has 1 aromatic rings. The van der Waals surface area contributed by atoms with Crippen molar-refractivity contribution in [3.8, 4) is 6.07 Å². The summed E-state index contributed by atoms with van der Waals surface area (Å²) in [6.07, 6.45) is 1.64. The second kappa shape index (κ2) is 4.70. The quantitative estimate of drug-likeness (QED) is 0.566. The Bertz CT molecular complexity index is 293. The molecule has 0 saturated heterocycles. The van der Waals surface area contributed by atoms with Crippen LogP contribution < -0.4 is 5.32 Å². The van der Waals surface area contributed by atoms with Crippen LogP contribution in [-0.2, 0) is 6.54 Å². The molecule has 0 amide bonds. The summed E-state index contributed by atoms with van der Waals surface area (Å²) in [7, 11) is 0. The topological polar surface area (TPSA) is 48.7 Å². The van der Waals surface area contributed by atoms with Crippen LogP contribution in [-0.4, -0.2) is 11.5 Å². The monoisotopic (exact) mass is 181 g/mol. The summed E-state index contributed by atoms with van der Waals surface area (Å²) in [5.41, 5.74) is 0.845. The van der Waals surface area contributed by atoms with E-state index in [-0.39, 0.29) is 0 Å². The molecule has 12 heavy (non-hydrogen) atoms. The molecule has 62 valence electrons. The van der Waals surface area contributed by atoms with Crippen LogP contribution in [0.3, 0.4) is 0 Å². The zero-order chi connectivity index (χ0) is 8.81. The minimum absolute atomic E-state index is 0.328. The van der Waals surface area contributed by atoms with Gasteiger partial charge in [0.1, 0.15) is 0 Å². The highest BCUT2D eigenvalue weighted by Gasteiger charge is 1.93. The molecular weight excluding hydrogens is 174 g/mol. The first-order valence-corrected chi connectivity index (χ1v) is 3.89. The van der Waals surface area contributed by atoms with E-state index in [1.165, 1.54) is 0 Å². The first kappa shape index (κ1) is 8.98. The fourth-order valence-electron chi connectivity index (χ4n) is 0.792. The SMILES string of the molecule is N#CCNCc1cc(Cl)ccn1. The van der Waals surface area contributed by atoms with Gasteiger partial charge in [0.2, 0.25) is 0 Å². The van der Waals surface area contributed by atoms with Gasteiger partial charge in [0.15, 0.2) is 0 Å². The molecule has 0 spiro atoms. The molecule has 1 heterocycles. The maximum absolute atomic E-state index is 8.24. The summed E-state index contributed by atoms with van der Waals surface area (Å²) in [5, 5.41) is 11.8. The van der Waals surface area contributed by atoms with Crippen molar-refractivity contribution in [2.45, 2.75) is 6.54 Å². The third-order valence-corrected chi connectivity index (χ3v) is 1.52. The number of pyridine rings is 1. The number of hydrogen-bond donors (Lipinski definition) is 1. The maximum atomic E-state index is 8.24. The first-order valence-electron chi connectivity index (χ1n) is 3.51. The number of hydrogen-bond acceptors (Lipinski definition) is 3. The van der Waals surface area contributed by atoms with Gasteiger partial charge in [0, 0.05) is 17.8 Å². The lowest BCUT2D eigenvalue weighted by Gasteiger charge is -1.99. The van der Waals surface area contributed by atoms with Crippen molar-refractivity contribution in [1.29, 1.82) is 5.26 Å². The average molecular weight is 182 g/mol. The summed E-state index contributed by atoms with van der Waals surface area (Å²) in [6, 6.07) is 5.47. The van der Waals surface area contributed by atoms with Gasteiger partial charge in [-0.1, -0.05) is 11.6 Å². The van der Waals surface area contributed by atoms with E-state index in [4.69, 9.17) is 16.9 Å².